The van der Waals surface area contributed by atoms with Crippen molar-refractivity contribution in [1.29, 1.82) is 0 Å². The van der Waals surface area contributed by atoms with Gasteiger partial charge in [-0.2, -0.15) is 0 Å². The van der Waals surface area contributed by atoms with Crippen molar-refractivity contribution in [2.45, 2.75) is 5.92 Å². The first kappa shape index (κ1) is 13.5. The zero-order valence-electron chi connectivity index (χ0n) is 9.60. The Morgan fingerprint density at radius 3 is 2.41 bits per heavy atom. The van der Waals surface area contributed by atoms with Crippen molar-refractivity contribution in [3.63, 3.8) is 0 Å². The molecule has 0 fully saturated rings. The molecule has 0 saturated heterocycles. The molecule has 1 unspecified atom stereocenters. The largest absolute Gasteiger partial charge is 0.297 e. The molecule has 0 bridgehead atoms. The van der Waals surface area contributed by atoms with Crippen molar-refractivity contribution in [2.24, 2.45) is 0 Å². The van der Waals surface area contributed by atoms with Crippen LogP contribution in [0.2, 0.25) is 0 Å². The van der Waals surface area contributed by atoms with Gasteiger partial charge in [0, 0.05) is 0 Å². The van der Waals surface area contributed by atoms with Gasteiger partial charge in [0.05, 0.1) is 11.8 Å². The number of hydrogen-bond acceptors (Lipinski definition) is 1. The Kier molecular flexibility index (Phi) is 5.44. The topological polar surface area (TPSA) is 17.1 Å². The average Bonchev–Trinajstić information content (AvgIpc) is 2.39. The highest BCUT2D eigenvalue weighted by Crippen LogP contribution is 2.26. The van der Waals surface area contributed by atoms with E-state index < -0.39 is 0 Å². The van der Waals surface area contributed by atoms with Crippen molar-refractivity contribution in [3.8, 4) is 0 Å². The number of benzene rings is 1. The van der Waals surface area contributed by atoms with E-state index in [0.29, 0.717) is 0 Å². The standard InChI is InChI=1S/C15H15ClO/c1-3-8-12(4-2)15(14(17)11-16)13-9-6-5-7-10-13/h3-10,15H,1-2,11H2/b12-8+. The van der Waals surface area contributed by atoms with Crippen LogP contribution in [0.3, 0.4) is 0 Å². The van der Waals surface area contributed by atoms with Gasteiger partial charge in [-0.15, -0.1) is 11.6 Å². The van der Waals surface area contributed by atoms with E-state index in [0.717, 1.165) is 11.1 Å². The first-order chi connectivity index (χ1) is 8.24. The predicted octanol–water partition coefficient (Wildman–Crippen LogP) is 3.88. The zero-order chi connectivity index (χ0) is 12.7. The molecule has 1 rings (SSSR count). The summed E-state index contributed by atoms with van der Waals surface area (Å²) in [6.45, 7) is 7.37. The van der Waals surface area contributed by atoms with Gasteiger partial charge in [0.15, 0.2) is 5.78 Å². The molecular weight excluding hydrogens is 232 g/mol. The monoisotopic (exact) mass is 246 g/mol. The summed E-state index contributed by atoms with van der Waals surface area (Å²) in [5.74, 6) is -0.405. The molecule has 2 heteroatoms. The van der Waals surface area contributed by atoms with Crippen LogP contribution < -0.4 is 0 Å². The van der Waals surface area contributed by atoms with E-state index in [1.165, 1.54) is 0 Å². The molecule has 1 aromatic carbocycles. The van der Waals surface area contributed by atoms with Crippen molar-refractivity contribution in [2.75, 3.05) is 5.88 Å². The summed E-state index contributed by atoms with van der Waals surface area (Å²) in [6.07, 6.45) is 5.10. The second-order valence-electron chi connectivity index (χ2n) is 3.55. The summed E-state index contributed by atoms with van der Waals surface area (Å²) in [4.78, 5) is 11.9. The lowest BCUT2D eigenvalue weighted by Gasteiger charge is -2.16. The second kappa shape index (κ2) is 6.87. The van der Waals surface area contributed by atoms with Crippen molar-refractivity contribution < 1.29 is 4.79 Å². The van der Waals surface area contributed by atoms with Gasteiger partial charge in [-0.3, -0.25) is 4.79 Å². The first-order valence-electron chi connectivity index (χ1n) is 5.33. The van der Waals surface area contributed by atoms with E-state index in [1.807, 2.05) is 30.3 Å². The van der Waals surface area contributed by atoms with Crippen LogP contribution in [0.15, 0.2) is 67.3 Å². The third-order valence-electron chi connectivity index (χ3n) is 2.47. The first-order valence-corrected chi connectivity index (χ1v) is 5.86. The number of alkyl halides is 1. The summed E-state index contributed by atoms with van der Waals surface area (Å²) in [7, 11) is 0. The summed E-state index contributed by atoms with van der Waals surface area (Å²) in [5, 5.41) is 0. The van der Waals surface area contributed by atoms with Crippen LogP contribution in [0.25, 0.3) is 0 Å². The summed E-state index contributed by atoms with van der Waals surface area (Å²) in [5.41, 5.74) is 1.74. The van der Waals surface area contributed by atoms with E-state index in [4.69, 9.17) is 11.6 Å². The van der Waals surface area contributed by atoms with Gasteiger partial charge in [0.1, 0.15) is 0 Å². The van der Waals surface area contributed by atoms with Crippen molar-refractivity contribution >= 4 is 17.4 Å². The minimum atomic E-state index is -0.357. The molecule has 0 aromatic heterocycles. The Labute approximate surface area is 107 Å². The number of rotatable bonds is 6. The summed E-state index contributed by atoms with van der Waals surface area (Å²) >= 11 is 5.66. The Hall–Kier alpha value is -1.60. The number of allylic oxidation sites excluding steroid dienone is 4. The van der Waals surface area contributed by atoms with Gasteiger partial charge in [-0.1, -0.05) is 61.7 Å². The molecular formula is C15H15ClO. The molecule has 88 valence electrons. The second-order valence-corrected chi connectivity index (χ2v) is 3.82. The highest BCUT2D eigenvalue weighted by atomic mass is 35.5. The lowest BCUT2D eigenvalue weighted by Crippen LogP contribution is -2.15. The fraction of sp³-hybridized carbons (Fsp3) is 0.133. The fourth-order valence-electron chi connectivity index (χ4n) is 1.71. The number of carbonyl (C=O) groups is 1. The van der Waals surface area contributed by atoms with Gasteiger partial charge in [-0.25, -0.2) is 0 Å². The van der Waals surface area contributed by atoms with Crippen molar-refractivity contribution in [3.05, 3.63) is 72.9 Å². The summed E-state index contributed by atoms with van der Waals surface area (Å²) < 4.78 is 0. The molecule has 0 spiro atoms. The molecule has 0 aliphatic carbocycles. The maximum absolute atomic E-state index is 11.9. The zero-order valence-corrected chi connectivity index (χ0v) is 10.4. The Morgan fingerprint density at radius 1 is 1.29 bits per heavy atom. The molecule has 0 aliphatic heterocycles. The third-order valence-corrected chi connectivity index (χ3v) is 2.73. The number of hydrogen-bond donors (Lipinski definition) is 0. The third kappa shape index (κ3) is 3.43. The van der Waals surface area contributed by atoms with Gasteiger partial charge in [-0.05, 0) is 11.1 Å². The van der Waals surface area contributed by atoms with Gasteiger partial charge in [0.25, 0.3) is 0 Å². The Bertz CT molecular complexity index is 431. The minimum absolute atomic E-state index is 0.0120. The molecule has 0 amide bonds. The van der Waals surface area contributed by atoms with Crippen molar-refractivity contribution in [1.82, 2.24) is 0 Å². The molecule has 0 N–H and O–H groups in total. The maximum atomic E-state index is 11.9. The van der Waals surface area contributed by atoms with E-state index in [-0.39, 0.29) is 17.6 Å². The molecule has 0 heterocycles. The van der Waals surface area contributed by atoms with E-state index in [9.17, 15) is 4.79 Å². The van der Waals surface area contributed by atoms with Crippen LogP contribution in [-0.2, 0) is 4.79 Å². The summed E-state index contributed by atoms with van der Waals surface area (Å²) in [6, 6.07) is 9.54. The fourth-order valence-corrected chi connectivity index (χ4v) is 1.86. The predicted molar refractivity (Wildman–Crippen MR) is 73.4 cm³/mol. The number of Topliss-reactive ketones (excluding diaryl/α,β-unsaturated/α-hetero) is 1. The molecule has 1 nitrogen and oxygen atoms in total. The average molecular weight is 247 g/mol. The normalized spacial score (nSPS) is 12.9. The lowest BCUT2D eigenvalue weighted by atomic mass is 9.87. The van der Waals surface area contributed by atoms with Crippen LogP contribution in [0.5, 0.6) is 0 Å². The van der Waals surface area contributed by atoms with E-state index >= 15 is 0 Å². The van der Waals surface area contributed by atoms with E-state index in [2.05, 4.69) is 13.2 Å². The molecule has 17 heavy (non-hydrogen) atoms. The number of ketones is 1. The molecule has 0 radical (unpaired) electrons. The maximum Gasteiger partial charge on any atom is 0.159 e. The van der Waals surface area contributed by atoms with Crippen LogP contribution in [-0.4, -0.2) is 11.7 Å². The molecule has 0 aliphatic rings. The van der Waals surface area contributed by atoms with Gasteiger partial charge in [0.2, 0.25) is 0 Å². The van der Waals surface area contributed by atoms with Crippen LogP contribution >= 0.6 is 11.6 Å². The van der Waals surface area contributed by atoms with Gasteiger partial charge < -0.3 is 0 Å². The molecule has 1 atom stereocenters. The highest BCUT2D eigenvalue weighted by Gasteiger charge is 2.21. The number of carbonyl (C=O) groups excluding carboxylic acids is 1. The van der Waals surface area contributed by atoms with E-state index in [1.54, 1.807) is 18.2 Å². The smallest absolute Gasteiger partial charge is 0.159 e. The molecule has 1 aromatic rings. The SMILES string of the molecule is C=C/C=C(\C=C)C(C(=O)CCl)c1ccccc1. The minimum Gasteiger partial charge on any atom is -0.297 e. The highest BCUT2D eigenvalue weighted by molar-refractivity contribution is 6.28. The van der Waals surface area contributed by atoms with Crippen LogP contribution in [0.1, 0.15) is 11.5 Å². The lowest BCUT2D eigenvalue weighted by molar-refractivity contribution is -0.117. The number of halogens is 1. The Morgan fingerprint density at radius 2 is 1.94 bits per heavy atom. The molecule has 0 saturated carbocycles. The quantitative estimate of drug-likeness (QED) is 0.550. The Balaban J connectivity index is 3.21. The van der Waals surface area contributed by atoms with Crippen LogP contribution in [0.4, 0.5) is 0 Å². The van der Waals surface area contributed by atoms with Crippen LogP contribution in [0, 0.1) is 0 Å². The van der Waals surface area contributed by atoms with Gasteiger partial charge >= 0.3 is 0 Å².